The van der Waals surface area contributed by atoms with Gasteiger partial charge in [0, 0.05) is 39.6 Å². The summed E-state index contributed by atoms with van der Waals surface area (Å²) in [6, 6.07) is 18.3. The van der Waals surface area contributed by atoms with E-state index in [2.05, 4.69) is 28.4 Å². The molecule has 0 bridgehead atoms. The number of amides is 1. The van der Waals surface area contributed by atoms with Gasteiger partial charge in [-0.2, -0.15) is 0 Å². The topological polar surface area (TPSA) is 44.8 Å². The Labute approximate surface area is 155 Å². The highest BCUT2D eigenvalue weighted by molar-refractivity contribution is 5.77. The lowest BCUT2D eigenvalue weighted by Gasteiger charge is -2.30. The van der Waals surface area contributed by atoms with Gasteiger partial charge in [-0.05, 0) is 17.7 Å². The summed E-state index contributed by atoms with van der Waals surface area (Å²) in [6.45, 7) is 4.59. The molecule has 1 aliphatic rings. The molecule has 138 valence electrons. The van der Waals surface area contributed by atoms with Crippen LogP contribution in [0.1, 0.15) is 12.0 Å². The summed E-state index contributed by atoms with van der Waals surface area (Å²) in [5.41, 5.74) is 3.41. The van der Waals surface area contributed by atoms with E-state index in [0.717, 1.165) is 37.6 Å². The molecular formula is C21H27N3O2. The first kappa shape index (κ1) is 18.3. The van der Waals surface area contributed by atoms with Crippen LogP contribution in [0.3, 0.4) is 0 Å². The summed E-state index contributed by atoms with van der Waals surface area (Å²) in [6.07, 6.45) is 0.473. The lowest BCUT2D eigenvalue weighted by Crippen LogP contribution is -2.36. The van der Waals surface area contributed by atoms with Crippen LogP contribution in [-0.4, -0.2) is 50.7 Å². The molecule has 3 rings (SSSR count). The first-order valence-corrected chi connectivity index (χ1v) is 9.17. The van der Waals surface area contributed by atoms with Crippen molar-refractivity contribution < 1.29 is 9.53 Å². The Morgan fingerprint density at radius 3 is 2.54 bits per heavy atom. The number of nitrogens with one attached hydrogen (secondary N) is 1. The molecule has 1 heterocycles. The van der Waals surface area contributed by atoms with Crippen molar-refractivity contribution in [3.05, 3.63) is 60.2 Å². The maximum absolute atomic E-state index is 12.4. The Hall–Kier alpha value is -2.53. The van der Waals surface area contributed by atoms with Gasteiger partial charge in [-0.25, -0.2) is 0 Å². The van der Waals surface area contributed by atoms with Crippen LogP contribution in [0, 0.1) is 0 Å². The molecule has 0 aromatic heterocycles. The fourth-order valence-corrected chi connectivity index (χ4v) is 3.14. The zero-order valence-corrected chi connectivity index (χ0v) is 15.4. The first-order valence-electron chi connectivity index (χ1n) is 9.17. The summed E-state index contributed by atoms with van der Waals surface area (Å²) in [5.74, 6) is 0.144. The summed E-state index contributed by atoms with van der Waals surface area (Å²) < 4.78 is 5.44. The number of carbonyl (C=O) groups is 1. The number of para-hydroxylation sites is 2. The van der Waals surface area contributed by atoms with E-state index in [1.165, 1.54) is 5.69 Å². The van der Waals surface area contributed by atoms with E-state index < -0.39 is 0 Å². The minimum atomic E-state index is 0.144. The first-order chi connectivity index (χ1) is 12.7. The van der Waals surface area contributed by atoms with Gasteiger partial charge in [-0.15, -0.1) is 0 Å². The quantitative estimate of drug-likeness (QED) is 0.831. The maximum atomic E-state index is 12.4. The smallest absolute Gasteiger partial charge is 0.224 e. The van der Waals surface area contributed by atoms with E-state index in [1.54, 1.807) is 4.90 Å². The molecule has 0 saturated carbocycles. The van der Waals surface area contributed by atoms with Crippen LogP contribution >= 0.6 is 0 Å². The number of morpholine rings is 1. The number of hydrogen-bond acceptors (Lipinski definition) is 4. The second kappa shape index (κ2) is 9.25. The average molecular weight is 353 g/mol. The fourth-order valence-electron chi connectivity index (χ4n) is 3.14. The molecule has 1 N–H and O–H groups in total. The minimum absolute atomic E-state index is 0.144. The zero-order valence-electron chi connectivity index (χ0n) is 15.4. The third-order valence-corrected chi connectivity index (χ3v) is 4.60. The summed E-state index contributed by atoms with van der Waals surface area (Å²) in [4.78, 5) is 16.5. The van der Waals surface area contributed by atoms with Gasteiger partial charge in [0.15, 0.2) is 0 Å². The molecule has 0 unspecified atom stereocenters. The van der Waals surface area contributed by atoms with Crippen molar-refractivity contribution in [3.8, 4) is 0 Å². The van der Waals surface area contributed by atoms with Gasteiger partial charge in [-0.1, -0.05) is 42.5 Å². The van der Waals surface area contributed by atoms with Crippen molar-refractivity contribution in [2.45, 2.75) is 13.0 Å². The molecule has 1 aliphatic heterocycles. The molecule has 26 heavy (non-hydrogen) atoms. The fraction of sp³-hybridized carbons (Fsp3) is 0.381. The van der Waals surface area contributed by atoms with Crippen LogP contribution in [-0.2, 0) is 16.1 Å². The van der Waals surface area contributed by atoms with Crippen LogP contribution in [0.4, 0.5) is 11.4 Å². The predicted molar refractivity (Wildman–Crippen MR) is 105 cm³/mol. The van der Waals surface area contributed by atoms with Gasteiger partial charge in [0.2, 0.25) is 5.91 Å². The van der Waals surface area contributed by atoms with E-state index in [1.807, 2.05) is 43.4 Å². The maximum Gasteiger partial charge on any atom is 0.224 e. The number of ether oxygens (including phenoxy) is 1. The van der Waals surface area contributed by atoms with E-state index >= 15 is 0 Å². The lowest BCUT2D eigenvalue weighted by atomic mass is 10.2. The Bertz CT molecular complexity index is 699. The summed E-state index contributed by atoms with van der Waals surface area (Å²) >= 11 is 0. The van der Waals surface area contributed by atoms with Gasteiger partial charge in [0.1, 0.15) is 0 Å². The molecule has 5 nitrogen and oxygen atoms in total. The molecule has 2 aromatic rings. The van der Waals surface area contributed by atoms with Crippen LogP contribution in [0.2, 0.25) is 0 Å². The van der Waals surface area contributed by atoms with Crippen molar-refractivity contribution >= 4 is 17.3 Å². The van der Waals surface area contributed by atoms with Gasteiger partial charge in [0.25, 0.3) is 0 Å². The Kier molecular flexibility index (Phi) is 6.50. The van der Waals surface area contributed by atoms with Crippen LogP contribution in [0.15, 0.2) is 54.6 Å². The summed E-state index contributed by atoms with van der Waals surface area (Å²) in [7, 11) is 1.86. The largest absolute Gasteiger partial charge is 0.383 e. The predicted octanol–water partition coefficient (Wildman–Crippen LogP) is 2.98. The minimum Gasteiger partial charge on any atom is -0.383 e. The number of nitrogens with zero attached hydrogens (tertiary/aromatic N) is 2. The summed E-state index contributed by atoms with van der Waals surface area (Å²) in [5, 5.41) is 3.43. The molecule has 0 atom stereocenters. The number of benzene rings is 2. The van der Waals surface area contributed by atoms with Gasteiger partial charge in [0.05, 0.1) is 24.6 Å². The molecule has 0 radical (unpaired) electrons. The third-order valence-electron chi connectivity index (χ3n) is 4.60. The van der Waals surface area contributed by atoms with Crippen LogP contribution < -0.4 is 10.2 Å². The van der Waals surface area contributed by atoms with Crippen LogP contribution in [0.25, 0.3) is 0 Å². The van der Waals surface area contributed by atoms with Gasteiger partial charge in [-0.3, -0.25) is 4.79 Å². The number of hydrogen-bond donors (Lipinski definition) is 1. The van der Waals surface area contributed by atoms with Gasteiger partial charge >= 0.3 is 0 Å². The highest BCUT2D eigenvalue weighted by Gasteiger charge is 2.15. The Morgan fingerprint density at radius 1 is 1.08 bits per heavy atom. The van der Waals surface area contributed by atoms with Crippen molar-refractivity contribution in [1.82, 2.24) is 4.90 Å². The molecule has 5 heteroatoms. The van der Waals surface area contributed by atoms with Crippen molar-refractivity contribution in [2.75, 3.05) is 50.1 Å². The van der Waals surface area contributed by atoms with Crippen molar-refractivity contribution in [2.24, 2.45) is 0 Å². The number of rotatable bonds is 7. The number of carbonyl (C=O) groups excluding carboxylic acids is 1. The zero-order chi connectivity index (χ0) is 18.2. The third kappa shape index (κ3) is 4.99. The molecule has 1 fully saturated rings. The SMILES string of the molecule is CN(Cc1ccccc1)C(=O)CCNc1ccccc1N1CCOCC1. The monoisotopic (exact) mass is 353 g/mol. The molecule has 1 saturated heterocycles. The number of anilines is 2. The van der Waals surface area contributed by atoms with Crippen LogP contribution in [0.5, 0.6) is 0 Å². The second-order valence-electron chi connectivity index (χ2n) is 6.53. The molecule has 0 aliphatic carbocycles. The normalized spacial score (nSPS) is 14.1. The van der Waals surface area contributed by atoms with E-state index in [9.17, 15) is 4.79 Å². The van der Waals surface area contributed by atoms with Gasteiger partial charge < -0.3 is 19.9 Å². The lowest BCUT2D eigenvalue weighted by molar-refractivity contribution is -0.130. The Morgan fingerprint density at radius 2 is 1.77 bits per heavy atom. The standard InChI is InChI=1S/C21H27N3O2/c1-23(17-18-7-3-2-4-8-18)21(25)11-12-22-19-9-5-6-10-20(19)24-13-15-26-16-14-24/h2-10,22H,11-17H2,1H3. The second-order valence-corrected chi connectivity index (χ2v) is 6.53. The Balaban J connectivity index is 1.50. The van der Waals surface area contributed by atoms with Crippen molar-refractivity contribution in [3.63, 3.8) is 0 Å². The molecule has 0 spiro atoms. The van der Waals surface area contributed by atoms with Crippen molar-refractivity contribution in [1.29, 1.82) is 0 Å². The molecule has 1 amide bonds. The van der Waals surface area contributed by atoms with E-state index in [4.69, 9.17) is 4.74 Å². The van der Waals surface area contributed by atoms with E-state index in [-0.39, 0.29) is 5.91 Å². The highest BCUT2D eigenvalue weighted by Crippen LogP contribution is 2.26. The molecule has 2 aromatic carbocycles. The highest BCUT2D eigenvalue weighted by atomic mass is 16.5. The average Bonchev–Trinajstić information content (AvgIpc) is 2.69. The van der Waals surface area contributed by atoms with E-state index in [0.29, 0.717) is 19.5 Å². The molecular weight excluding hydrogens is 326 g/mol.